The van der Waals surface area contributed by atoms with Crippen molar-refractivity contribution in [3.63, 3.8) is 0 Å². The normalized spacial score (nSPS) is 17.2. The summed E-state index contributed by atoms with van der Waals surface area (Å²) in [6, 6.07) is 10.00. The van der Waals surface area contributed by atoms with E-state index in [1.807, 2.05) is 24.3 Å². The van der Waals surface area contributed by atoms with E-state index < -0.39 is 0 Å². The van der Waals surface area contributed by atoms with Crippen LogP contribution in [0.5, 0.6) is 0 Å². The lowest BCUT2D eigenvalue weighted by Crippen LogP contribution is -2.38. The lowest BCUT2D eigenvalue weighted by Gasteiger charge is -2.30. The Morgan fingerprint density at radius 1 is 1.21 bits per heavy atom. The van der Waals surface area contributed by atoms with Gasteiger partial charge in [0.15, 0.2) is 0 Å². The van der Waals surface area contributed by atoms with Gasteiger partial charge < -0.3 is 5.32 Å². The maximum absolute atomic E-state index is 12.5. The van der Waals surface area contributed by atoms with Gasteiger partial charge in [0.05, 0.1) is 6.04 Å². The fraction of sp³-hybridized carbons (Fsp3) is 0.421. The summed E-state index contributed by atoms with van der Waals surface area (Å²) in [7, 11) is 0. The number of carbonyl (C=O) groups excluding carboxylic acids is 1. The molecule has 128 valence electrons. The molecule has 24 heavy (non-hydrogen) atoms. The standard InChI is InChI=1S/C19H23BrN2OS/c20-17-7-5-6-15(12-17)19(23)21-13-18(16-8-11-24-14-16)22-9-3-1-2-4-10-22/h5-8,11-12,14,18H,1-4,9-10,13H2,(H,21,23). The second-order valence-corrected chi connectivity index (χ2v) is 7.94. The SMILES string of the molecule is O=C(NCC(c1ccsc1)N1CCCCCC1)c1cccc(Br)c1. The Morgan fingerprint density at radius 2 is 2.00 bits per heavy atom. The van der Waals surface area contributed by atoms with Gasteiger partial charge in [-0.3, -0.25) is 9.69 Å². The highest BCUT2D eigenvalue weighted by atomic mass is 79.9. The Hall–Kier alpha value is -1.17. The number of thiophene rings is 1. The van der Waals surface area contributed by atoms with Crippen molar-refractivity contribution in [1.29, 1.82) is 0 Å². The topological polar surface area (TPSA) is 32.3 Å². The van der Waals surface area contributed by atoms with E-state index in [1.165, 1.54) is 31.2 Å². The molecule has 0 bridgehead atoms. The molecule has 5 heteroatoms. The molecule has 1 aromatic heterocycles. The zero-order valence-electron chi connectivity index (χ0n) is 13.7. The molecule has 1 N–H and O–H groups in total. The van der Waals surface area contributed by atoms with Gasteiger partial charge in [-0.15, -0.1) is 0 Å². The minimum Gasteiger partial charge on any atom is -0.350 e. The van der Waals surface area contributed by atoms with Crippen LogP contribution in [0.4, 0.5) is 0 Å². The lowest BCUT2D eigenvalue weighted by atomic mass is 10.1. The third-order valence-electron chi connectivity index (χ3n) is 4.55. The monoisotopic (exact) mass is 406 g/mol. The lowest BCUT2D eigenvalue weighted by molar-refractivity contribution is 0.0933. The summed E-state index contributed by atoms with van der Waals surface area (Å²) >= 11 is 5.15. The van der Waals surface area contributed by atoms with Crippen molar-refractivity contribution in [2.75, 3.05) is 19.6 Å². The smallest absolute Gasteiger partial charge is 0.251 e. The summed E-state index contributed by atoms with van der Waals surface area (Å²) in [5.74, 6) is -0.00801. The van der Waals surface area contributed by atoms with Crippen LogP contribution in [0.3, 0.4) is 0 Å². The number of nitrogens with zero attached hydrogens (tertiary/aromatic N) is 1. The largest absolute Gasteiger partial charge is 0.350 e. The maximum atomic E-state index is 12.5. The highest BCUT2D eigenvalue weighted by molar-refractivity contribution is 9.10. The Balaban J connectivity index is 1.69. The van der Waals surface area contributed by atoms with E-state index >= 15 is 0 Å². The van der Waals surface area contributed by atoms with Crippen LogP contribution < -0.4 is 5.32 Å². The molecule has 1 aromatic carbocycles. The molecule has 1 aliphatic heterocycles. The van der Waals surface area contributed by atoms with Crippen molar-refractivity contribution in [2.45, 2.75) is 31.7 Å². The minimum atomic E-state index is -0.00801. The highest BCUT2D eigenvalue weighted by Crippen LogP contribution is 2.25. The number of benzene rings is 1. The van der Waals surface area contributed by atoms with Crippen LogP contribution in [0.2, 0.25) is 0 Å². The Morgan fingerprint density at radius 3 is 2.67 bits per heavy atom. The van der Waals surface area contributed by atoms with Crippen LogP contribution in [-0.4, -0.2) is 30.4 Å². The third-order valence-corrected chi connectivity index (χ3v) is 5.75. The van der Waals surface area contributed by atoms with Crippen molar-refractivity contribution in [3.8, 4) is 0 Å². The number of likely N-dealkylation sites (tertiary alicyclic amines) is 1. The fourth-order valence-electron chi connectivity index (χ4n) is 3.25. The molecule has 3 rings (SSSR count). The van der Waals surface area contributed by atoms with Crippen molar-refractivity contribution < 1.29 is 4.79 Å². The molecule has 0 spiro atoms. The Labute approximate surface area is 156 Å². The van der Waals surface area contributed by atoms with Crippen LogP contribution in [0.15, 0.2) is 45.6 Å². The molecule has 2 heterocycles. The number of halogens is 1. The molecule has 1 aliphatic rings. The van der Waals surface area contributed by atoms with E-state index in [9.17, 15) is 4.79 Å². The van der Waals surface area contributed by atoms with Crippen LogP contribution in [0.1, 0.15) is 47.6 Å². The van der Waals surface area contributed by atoms with Gasteiger partial charge >= 0.3 is 0 Å². The first-order valence-corrected chi connectivity index (χ1v) is 10.3. The van der Waals surface area contributed by atoms with E-state index in [4.69, 9.17) is 0 Å². The van der Waals surface area contributed by atoms with Crippen molar-refractivity contribution in [2.24, 2.45) is 0 Å². The summed E-state index contributed by atoms with van der Waals surface area (Å²) in [6.07, 6.45) is 5.13. The van der Waals surface area contributed by atoms with Gasteiger partial charge in [0, 0.05) is 16.6 Å². The van der Waals surface area contributed by atoms with E-state index in [-0.39, 0.29) is 11.9 Å². The average molecular weight is 407 g/mol. The number of carbonyl (C=O) groups is 1. The first-order chi connectivity index (χ1) is 11.7. The van der Waals surface area contributed by atoms with Gasteiger partial charge in [-0.25, -0.2) is 0 Å². The first-order valence-electron chi connectivity index (χ1n) is 8.54. The molecule has 1 amide bonds. The molecule has 2 aromatic rings. The van der Waals surface area contributed by atoms with E-state index in [1.54, 1.807) is 11.3 Å². The van der Waals surface area contributed by atoms with E-state index in [0.717, 1.165) is 17.6 Å². The highest BCUT2D eigenvalue weighted by Gasteiger charge is 2.22. The number of amides is 1. The molecule has 1 atom stereocenters. The maximum Gasteiger partial charge on any atom is 0.251 e. The van der Waals surface area contributed by atoms with Crippen molar-refractivity contribution in [1.82, 2.24) is 10.2 Å². The first kappa shape index (κ1) is 17.6. The summed E-state index contributed by atoms with van der Waals surface area (Å²) < 4.78 is 0.928. The second-order valence-electron chi connectivity index (χ2n) is 6.24. The molecule has 1 saturated heterocycles. The predicted molar refractivity (Wildman–Crippen MR) is 104 cm³/mol. The third kappa shape index (κ3) is 4.68. The van der Waals surface area contributed by atoms with Gasteiger partial charge in [-0.2, -0.15) is 11.3 Å². The molecular formula is C19H23BrN2OS. The number of nitrogens with one attached hydrogen (secondary N) is 1. The van der Waals surface area contributed by atoms with Gasteiger partial charge in [0.1, 0.15) is 0 Å². The Bertz CT molecular complexity index is 651. The zero-order chi connectivity index (χ0) is 16.8. The summed E-state index contributed by atoms with van der Waals surface area (Å²) in [5, 5.41) is 7.47. The van der Waals surface area contributed by atoms with Crippen molar-refractivity contribution >= 4 is 33.2 Å². The summed E-state index contributed by atoms with van der Waals surface area (Å²) in [5.41, 5.74) is 2.01. The quantitative estimate of drug-likeness (QED) is 0.768. The van der Waals surface area contributed by atoms with Crippen LogP contribution in [-0.2, 0) is 0 Å². The fourth-order valence-corrected chi connectivity index (χ4v) is 4.36. The summed E-state index contributed by atoms with van der Waals surface area (Å²) in [4.78, 5) is 15.0. The minimum absolute atomic E-state index is 0.00801. The molecular weight excluding hydrogens is 384 g/mol. The number of hydrogen-bond acceptors (Lipinski definition) is 3. The van der Waals surface area contributed by atoms with Crippen LogP contribution >= 0.6 is 27.3 Å². The van der Waals surface area contributed by atoms with Crippen LogP contribution in [0, 0.1) is 0 Å². The Kier molecular flexibility index (Phi) is 6.46. The average Bonchev–Trinajstić information content (AvgIpc) is 2.98. The zero-order valence-corrected chi connectivity index (χ0v) is 16.1. The second kappa shape index (κ2) is 8.79. The molecule has 0 radical (unpaired) electrons. The number of hydrogen-bond donors (Lipinski definition) is 1. The van der Waals surface area contributed by atoms with E-state index in [2.05, 4.69) is 43.0 Å². The molecule has 1 fully saturated rings. The molecule has 1 unspecified atom stereocenters. The van der Waals surface area contributed by atoms with Crippen LogP contribution in [0.25, 0.3) is 0 Å². The number of rotatable bonds is 5. The predicted octanol–water partition coefficient (Wildman–Crippen LogP) is 4.86. The van der Waals surface area contributed by atoms with Gasteiger partial charge in [0.2, 0.25) is 0 Å². The van der Waals surface area contributed by atoms with Gasteiger partial charge in [-0.05, 0) is 66.5 Å². The van der Waals surface area contributed by atoms with Crippen molar-refractivity contribution in [3.05, 3.63) is 56.7 Å². The van der Waals surface area contributed by atoms with Gasteiger partial charge in [0.25, 0.3) is 5.91 Å². The van der Waals surface area contributed by atoms with E-state index in [0.29, 0.717) is 12.1 Å². The molecule has 0 saturated carbocycles. The van der Waals surface area contributed by atoms with Gasteiger partial charge in [-0.1, -0.05) is 34.8 Å². The summed E-state index contributed by atoms with van der Waals surface area (Å²) in [6.45, 7) is 2.89. The molecule has 3 nitrogen and oxygen atoms in total. The molecule has 0 aliphatic carbocycles.